The Morgan fingerprint density at radius 1 is 1.19 bits per heavy atom. The van der Waals surface area contributed by atoms with Crippen LogP contribution in [0.3, 0.4) is 0 Å². The summed E-state index contributed by atoms with van der Waals surface area (Å²) in [7, 11) is 1.96. The number of nitrogens with zero attached hydrogens (tertiary/aromatic N) is 3. The highest BCUT2D eigenvalue weighted by molar-refractivity contribution is 5.92. The molecule has 0 radical (unpaired) electrons. The molecule has 3 rings (SSSR count). The molecule has 0 spiro atoms. The maximum absolute atomic E-state index is 12.5. The minimum absolute atomic E-state index is 0.151. The van der Waals surface area contributed by atoms with Crippen LogP contribution in [0.5, 0.6) is 0 Å². The molecule has 0 unspecified atom stereocenters. The van der Waals surface area contributed by atoms with E-state index in [4.69, 9.17) is 4.99 Å². The lowest BCUT2D eigenvalue weighted by Gasteiger charge is -2.20. The second kappa shape index (κ2) is 11.0. The Labute approximate surface area is 185 Å². The molecule has 0 atom stereocenters. The lowest BCUT2D eigenvalue weighted by atomic mass is 9.88. The molecule has 7 heteroatoms. The topological polar surface area (TPSA) is 83.3 Å². The summed E-state index contributed by atoms with van der Waals surface area (Å²) in [5.74, 6) is 1.07. The lowest BCUT2D eigenvalue weighted by molar-refractivity contribution is -0.120. The van der Waals surface area contributed by atoms with Gasteiger partial charge in [0.1, 0.15) is 0 Å². The summed E-state index contributed by atoms with van der Waals surface area (Å²) in [6.45, 7) is 8.16. The highest BCUT2D eigenvalue weighted by atomic mass is 16.1. The number of benzene rings is 1. The van der Waals surface area contributed by atoms with E-state index in [1.54, 1.807) is 0 Å². The van der Waals surface area contributed by atoms with E-state index >= 15 is 0 Å². The van der Waals surface area contributed by atoms with Crippen molar-refractivity contribution in [3.63, 3.8) is 0 Å². The molecule has 2 aromatic rings. The fourth-order valence-corrected chi connectivity index (χ4v) is 4.11. The highest BCUT2D eigenvalue weighted by Gasteiger charge is 2.21. The number of rotatable bonds is 7. The van der Waals surface area contributed by atoms with Crippen LogP contribution in [0.25, 0.3) is 0 Å². The first-order chi connectivity index (χ1) is 15.0. The minimum Gasteiger partial charge on any atom is -0.357 e. The molecule has 168 valence electrons. The first kappa shape index (κ1) is 22.8. The summed E-state index contributed by atoms with van der Waals surface area (Å²) in [5, 5.41) is 14.3. The average Bonchev–Trinajstić information content (AvgIpc) is 3.02. The van der Waals surface area contributed by atoms with Crippen molar-refractivity contribution in [2.24, 2.45) is 18.0 Å². The van der Waals surface area contributed by atoms with Crippen LogP contribution in [0.2, 0.25) is 0 Å². The molecule has 1 fully saturated rings. The average molecular weight is 425 g/mol. The van der Waals surface area contributed by atoms with E-state index in [2.05, 4.69) is 34.9 Å². The number of anilines is 1. The van der Waals surface area contributed by atoms with E-state index in [9.17, 15) is 4.79 Å². The summed E-state index contributed by atoms with van der Waals surface area (Å²) in [6.07, 6.45) is 5.57. The molecule has 1 aliphatic rings. The number of aliphatic imine (C=N–C) groups is 1. The van der Waals surface area contributed by atoms with Crippen LogP contribution >= 0.6 is 0 Å². The van der Waals surface area contributed by atoms with Crippen LogP contribution in [-0.2, 0) is 24.9 Å². The van der Waals surface area contributed by atoms with E-state index < -0.39 is 0 Å². The number of nitrogens with one attached hydrogen (secondary N) is 3. The number of amides is 1. The maximum atomic E-state index is 12.5. The van der Waals surface area contributed by atoms with Gasteiger partial charge in [-0.2, -0.15) is 5.10 Å². The Balaban J connectivity index is 1.61. The predicted octanol–water partition coefficient (Wildman–Crippen LogP) is 3.81. The summed E-state index contributed by atoms with van der Waals surface area (Å²) in [5.41, 5.74) is 5.29. The molecule has 1 heterocycles. The molecular weight excluding hydrogens is 388 g/mol. The summed E-state index contributed by atoms with van der Waals surface area (Å²) >= 11 is 0. The smallest absolute Gasteiger partial charge is 0.227 e. The van der Waals surface area contributed by atoms with Gasteiger partial charge in [0, 0.05) is 43.0 Å². The van der Waals surface area contributed by atoms with Gasteiger partial charge in [0.2, 0.25) is 5.91 Å². The Morgan fingerprint density at radius 2 is 1.97 bits per heavy atom. The number of carbonyl (C=O) groups excluding carboxylic acids is 1. The van der Waals surface area contributed by atoms with Gasteiger partial charge >= 0.3 is 0 Å². The van der Waals surface area contributed by atoms with Crippen molar-refractivity contribution in [1.29, 1.82) is 0 Å². The van der Waals surface area contributed by atoms with E-state index in [-0.39, 0.29) is 11.8 Å². The fourth-order valence-electron chi connectivity index (χ4n) is 4.11. The quantitative estimate of drug-likeness (QED) is 0.466. The third kappa shape index (κ3) is 6.32. The van der Waals surface area contributed by atoms with Crippen LogP contribution < -0.4 is 16.0 Å². The Bertz CT molecular complexity index is 911. The molecule has 0 bridgehead atoms. The molecule has 3 N–H and O–H groups in total. The Morgan fingerprint density at radius 3 is 2.65 bits per heavy atom. The van der Waals surface area contributed by atoms with E-state index in [0.717, 1.165) is 60.8 Å². The van der Waals surface area contributed by atoms with Crippen LogP contribution in [0, 0.1) is 19.8 Å². The Kier molecular flexibility index (Phi) is 8.09. The predicted molar refractivity (Wildman–Crippen MR) is 126 cm³/mol. The number of aromatic nitrogens is 2. The van der Waals surface area contributed by atoms with Gasteiger partial charge < -0.3 is 16.0 Å². The number of guanidine groups is 1. The van der Waals surface area contributed by atoms with Crippen molar-refractivity contribution in [1.82, 2.24) is 20.4 Å². The molecule has 7 nitrogen and oxygen atoms in total. The van der Waals surface area contributed by atoms with Gasteiger partial charge in [-0.15, -0.1) is 0 Å². The summed E-state index contributed by atoms with van der Waals surface area (Å²) in [4.78, 5) is 17.3. The molecule has 1 aromatic carbocycles. The highest BCUT2D eigenvalue weighted by Crippen LogP contribution is 2.25. The van der Waals surface area contributed by atoms with Gasteiger partial charge in [0.25, 0.3) is 0 Å². The van der Waals surface area contributed by atoms with Gasteiger partial charge in [-0.1, -0.05) is 31.4 Å². The number of hydrogen-bond acceptors (Lipinski definition) is 3. The lowest BCUT2D eigenvalue weighted by Crippen LogP contribution is -2.37. The number of carbonyl (C=O) groups is 1. The second-order valence-electron chi connectivity index (χ2n) is 8.35. The van der Waals surface area contributed by atoms with Gasteiger partial charge in [0.15, 0.2) is 5.96 Å². The van der Waals surface area contributed by atoms with Gasteiger partial charge in [-0.05, 0) is 51.3 Å². The zero-order valence-electron chi connectivity index (χ0n) is 19.3. The second-order valence-corrected chi connectivity index (χ2v) is 8.35. The molecule has 1 aliphatic carbocycles. The van der Waals surface area contributed by atoms with E-state index in [1.807, 2.05) is 42.9 Å². The standard InChI is InChI=1S/C24H36N6O/c1-5-25-24(27-16-22-17(2)29-30(4)18(22)3)26-15-19-10-9-13-21(14-19)28-23(31)20-11-7-6-8-12-20/h9-10,13-14,20H,5-8,11-12,15-16H2,1-4H3,(H,28,31)(H2,25,26,27). The molecule has 0 aliphatic heterocycles. The van der Waals surface area contributed by atoms with Crippen molar-refractivity contribution in [2.45, 2.75) is 66.0 Å². The molecular formula is C24H36N6O. The van der Waals surface area contributed by atoms with Gasteiger partial charge in [0.05, 0.1) is 12.2 Å². The van der Waals surface area contributed by atoms with Crippen molar-refractivity contribution in [2.75, 3.05) is 11.9 Å². The minimum atomic E-state index is 0.151. The number of hydrogen-bond donors (Lipinski definition) is 3. The molecule has 1 aromatic heterocycles. The van der Waals surface area contributed by atoms with Gasteiger partial charge in [-0.25, -0.2) is 4.99 Å². The van der Waals surface area contributed by atoms with Crippen LogP contribution in [0.4, 0.5) is 5.69 Å². The first-order valence-corrected chi connectivity index (χ1v) is 11.4. The zero-order valence-corrected chi connectivity index (χ0v) is 19.3. The number of aryl methyl sites for hydroxylation is 2. The molecule has 1 amide bonds. The summed E-state index contributed by atoms with van der Waals surface area (Å²) < 4.78 is 1.91. The van der Waals surface area contributed by atoms with Crippen molar-refractivity contribution < 1.29 is 4.79 Å². The molecule has 31 heavy (non-hydrogen) atoms. The normalized spacial score (nSPS) is 15.0. The Hall–Kier alpha value is -2.83. The third-order valence-electron chi connectivity index (χ3n) is 6.03. The van der Waals surface area contributed by atoms with Gasteiger partial charge in [-0.3, -0.25) is 9.48 Å². The van der Waals surface area contributed by atoms with E-state index in [1.165, 1.54) is 12.0 Å². The largest absolute Gasteiger partial charge is 0.357 e. The molecule has 1 saturated carbocycles. The zero-order chi connectivity index (χ0) is 22.2. The SMILES string of the molecule is CCNC(=NCc1cccc(NC(=O)C2CCCCC2)c1)NCc1c(C)nn(C)c1C. The van der Waals surface area contributed by atoms with Crippen LogP contribution in [0.15, 0.2) is 29.3 Å². The third-order valence-corrected chi connectivity index (χ3v) is 6.03. The van der Waals surface area contributed by atoms with Crippen LogP contribution in [0.1, 0.15) is 61.5 Å². The fraction of sp³-hybridized carbons (Fsp3) is 0.542. The van der Waals surface area contributed by atoms with Crippen molar-refractivity contribution in [3.8, 4) is 0 Å². The monoisotopic (exact) mass is 424 g/mol. The van der Waals surface area contributed by atoms with Crippen molar-refractivity contribution in [3.05, 3.63) is 46.8 Å². The maximum Gasteiger partial charge on any atom is 0.227 e. The first-order valence-electron chi connectivity index (χ1n) is 11.4. The van der Waals surface area contributed by atoms with Crippen LogP contribution in [-0.4, -0.2) is 28.2 Å². The van der Waals surface area contributed by atoms with Crippen molar-refractivity contribution >= 4 is 17.6 Å². The van der Waals surface area contributed by atoms with E-state index in [0.29, 0.717) is 13.1 Å². The molecule has 0 saturated heterocycles. The summed E-state index contributed by atoms with van der Waals surface area (Å²) in [6, 6.07) is 7.98.